The van der Waals surface area contributed by atoms with E-state index in [-0.39, 0.29) is 0 Å². The van der Waals surface area contributed by atoms with Gasteiger partial charge in [0.05, 0.1) is 16.6 Å². The van der Waals surface area contributed by atoms with Crippen molar-refractivity contribution in [1.29, 1.82) is 5.26 Å². The molecule has 0 aliphatic rings. The van der Waals surface area contributed by atoms with Gasteiger partial charge in [-0.3, -0.25) is 0 Å². The second kappa shape index (κ2) is 7.18. The number of hydrogen-bond acceptors (Lipinski definition) is 4. The molecule has 0 fully saturated rings. The number of nitrogens with one attached hydrogen (secondary N) is 1. The summed E-state index contributed by atoms with van der Waals surface area (Å²) in [7, 11) is 0. The fourth-order valence-electron chi connectivity index (χ4n) is 2.76. The van der Waals surface area contributed by atoms with Gasteiger partial charge in [0.2, 0.25) is 0 Å². The molecule has 0 atom stereocenters. The summed E-state index contributed by atoms with van der Waals surface area (Å²) in [5.41, 5.74) is 4.58. The van der Waals surface area contributed by atoms with E-state index in [2.05, 4.69) is 36.0 Å². The van der Waals surface area contributed by atoms with Crippen LogP contribution in [0.1, 0.15) is 22.7 Å². The number of aryl methyl sites for hydroxylation is 2. The first-order valence-corrected chi connectivity index (χ1v) is 9.36. The summed E-state index contributed by atoms with van der Waals surface area (Å²) in [4.78, 5) is 8.90. The molecule has 0 aliphatic carbocycles. The molecule has 0 unspecified atom stereocenters. The molecule has 0 amide bonds. The van der Waals surface area contributed by atoms with Gasteiger partial charge in [0.1, 0.15) is 17.7 Å². The van der Waals surface area contributed by atoms with Gasteiger partial charge in [-0.05, 0) is 61.4 Å². The van der Waals surface area contributed by atoms with Crippen molar-refractivity contribution in [2.75, 3.05) is 0 Å². The third-order valence-corrected chi connectivity index (χ3v) is 5.25. The highest BCUT2D eigenvalue weighted by Crippen LogP contribution is 2.30. The molecule has 1 N–H and O–H groups in total. The predicted molar refractivity (Wildman–Crippen MR) is 108 cm³/mol. The Morgan fingerprint density at radius 2 is 1.89 bits per heavy atom. The van der Waals surface area contributed by atoms with Crippen molar-refractivity contribution in [3.05, 3.63) is 77.3 Å². The number of nitrogens with zero attached hydrogens (tertiary/aromatic N) is 2. The molecule has 2 aromatic heterocycles. The Bertz CT molecular complexity index is 1140. The van der Waals surface area contributed by atoms with Crippen LogP contribution in [0.3, 0.4) is 0 Å². The fourth-order valence-corrected chi connectivity index (χ4v) is 3.56. The smallest absolute Gasteiger partial charge is 0.165 e. The van der Waals surface area contributed by atoms with Gasteiger partial charge in [-0.15, -0.1) is 0 Å². The number of aromatic amines is 1. The Morgan fingerprint density at radius 1 is 1.11 bits per heavy atom. The molecule has 0 radical (unpaired) electrons. The number of H-pyrrole nitrogens is 1. The summed E-state index contributed by atoms with van der Waals surface area (Å²) in [5, 5.41) is 10.4. The van der Waals surface area contributed by atoms with E-state index in [1.807, 2.05) is 48.5 Å². The van der Waals surface area contributed by atoms with E-state index in [9.17, 15) is 5.26 Å². The number of hydrogen-bond donors (Lipinski definition) is 1. The Hall–Kier alpha value is -3.23. The Balaban J connectivity index is 1.63. The van der Waals surface area contributed by atoms with Gasteiger partial charge in [0, 0.05) is 11.0 Å². The van der Waals surface area contributed by atoms with Crippen molar-refractivity contribution in [2.45, 2.75) is 23.8 Å². The van der Waals surface area contributed by atoms with Crippen molar-refractivity contribution >= 4 is 34.4 Å². The minimum atomic E-state index is 0.437. The van der Waals surface area contributed by atoms with Gasteiger partial charge in [0.15, 0.2) is 5.09 Å². The standard InChI is InChI=1S/C22H17N3OS/c1-14-10-19-20(11-15(14)2)25-22(24-19)16(13-23)12-17-8-9-21(26-17)27-18-6-4-3-5-7-18/h3-12H,1-2H3,(H,24,25)/b16-12-. The number of benzene rings is 2. The maximum atomic E-state index is 9.59. The van der Waals surface area contributed by atoms with Crippen molar-refractivity contribution in [1.82, 2.24) is 9.97 Å². The predicted octanol–water partition coefficient (Wildman–Crippen LogP) is 5.99. The summed E-state index contributed by atoms with van der Waals surface area (Å²) in [6, 6.07) is 20.1. The van der Waals surface area contributed by atoms with Crippen LogP contribution < -0.4 is 0 Å². The molecule has 2 aromatic carbocycles. The van der Waals surface area contributed by atoms with Crippen LogP contribution in [0.15, 0.2) is 69.0 Å². The first-order valence-electron chi connectivity index (χ1n) is 8.54. The van der Waals surface area contributed by atoms with Crippen LogP contribution in [-0.2, 0) is 0 Å². The number of allylic oxidation sites excluding steroid dienone is 1. The van der Waals surface area contributed by atoms with Gasteiger partial charge in [-0.2, -0.15) is 5.26 Å². The van der Waals surface area contributed by atoms with E-state index >= 15 is 0 Å². The molecule has 4 aromatic rings. The maximum Gasteiger partial charge on any atom is 0.165 e. The molecule has 0 saturated heterocycles. The second-order valence-corrected chi connectivity index (χ2v) is 7.36. The zero-order valence-corrected chi connectivity index (χ0v) is 15.8. The van der Waals surface area contributed by atoms with Crippen LogP contribution >= 0.6 is 11.8 Å². The molecular formula is C22H17N3OS. The van der Waals surface area contributed by atoms with Crippen LogP contribution in [0.5, 0.6) is 0 Å². The van der Waals surface area contributed by atoms with Gasteiger partial charge >= 0.3 is 0 Å². The van der Waals surface area contributed by atoms with Crippen LogP contribution in [0.2, 0.25) is 0 Å². The molecule has 2 heterocycles. The SMILES string of the molecule is Cc1cc2nc(/C(C#N)=C\c3ccc(Sc4ccccc4)o3)[nH]c2cc1C. The van der Waals surface area contributed by atoms with Gasteiger partial charge < -0.3 is 9.40 Å². The fraction of sp³-hybridized carbons (Fsp3) is 0.0909. The number of imidazole rings is 1. The third kappa shape index (κ3) is 3.67. The van der Waals surface area contributed by atoms with Gasteiger partial charge in [0.25, 0.3) is 0 Å². The second-order valence-electron chi connectivity index (χ2n) is 6.28. The van der Waals surface area contributed by atoms with Crippen LogP contribution in [0, 0.1) is 25.2 Å². The molecule has 5 heteroatoms. The monoisotopic (exact) mass is 371 g/mol. The molecule has 4 rings (SSSR count). The van der Waals surface area contributed by atoms with Gasteiger partial charge in [-0.25, -0.2) is 4.98 Å². The zero-order chi connectivity index (χ0) is 18.8. The highest BCUT2D eigenvalue weighted by Gasteiger charge is 2.11. The molecular weight excluding hydrogens is 354 g/mol. The quantitative estimate of drug-likeness (QED) is 0.448. The van der Waals surface area contributed by atoms with Crippen LogP contribution in [0.4, 0.5) is 0 Å². The summed E-state index contributed by atoms with van der Waals surface area (Å²) in [6.07, 6.45) is 1.71. The number of aromatic nitrogens is 2. The minimum Gasteiger partial charge on any atom is -0.450 e. The van der Waals surface area contributed by atoms with E-state index in [0.29, 0.717) is 17.2 Å². The maximum absolute atomic E-state index is 9.59. The van der Waals surface area contributed by atoms with E-state index in [4.69, 9.17) is 4.42 Å². The molecule has 0 bridgehead atoms. The summed E-state index contributed by atoms with van der Waals surface area (Å²) in [6.45, 7) is 4.12. The summed E-state index contributed by atoms with van der Waals surface area (Å²) in [5.74, 6) is 1.17. The number of furan rings is 1. The summed E-state index contributed by atoms with van der Waals surface area (Å²) >= 11 is 1.54. The van der Waals surface area contributed by atoms with E-state index in [1.165, 1.54) is 11.1 Å². The lowest BCUT2D eigenvalue weighted by Gasteiger charge is -1.97. The molecule has 132 valence electrons. The Morgan fingerprint density at radius 3 is 2.67 bits per heavy atom. The summed E-state index contributed by atoms with van der Waals surface area (Å²) < 4.78 is 5.85. The van der Waals surface area contributed by atoms with Crippen molar-refractivity contribution in [3.63, 3.8) is 0 Å². The number of fused-ring (bicyclic) bond motifs is 1. The lowest BCUT2D eigenvalue weighted by molar-refractivity contribution is 0.466. The molecule has 0 spiro atoms. The van der Waals surface area contributed by atoms with Crippen LogP contribution in [-0.4, -0.2) is 9.97 Å². The zero-order valence-electron chi connectivity index (χ0n) is 15.0. The van der Waals surface area contributed by atoms with Crippen molar-refractivity contribution in [3.8, 4) is 6.07 Å². The lowest BCUT2D eigenvalue weighted by atomic mass is 10.1. The van der Waals surface area contributed by atoms with Crippen molar-refractivity contribution in [2.24, 2.45) is 0 Å². The third-order valence-electron chi connectivity index (χ3n) is 4.32. The Labute approximate surface area is 161 Å². The van der Waals surface area contributed by atoms with E-state index in [0.717, 1.165) is 21.0 Å². The highest BCUT2D eigenvalue weighted by molar-refractivity contribution is 7.99. The topological polar surface area (TPSA) is 65.6 Å². The number of rotatable bonds is 4. The van der Waals surface area contributed by atoms with Crippen LogP contribution in [0.25, 0.3) is 22.7 Å². The first-order chi connectivity index (χ1) is 13.1. The lowest BCUT2D eigenvalue weighted by Crippen LogP contribution is -1.84. The van der Waals surface area contributed by atoms with E-state index < -0.39 is 0 Å². The average molecular weight is 371 g/mol. The molecule has 0 aliphatic heterocycles. The molecule has 4 nitrogen and oxygen atoms in total. The molecule has 0 saturated carbocycles. The normalized spacial score (nSPS) is 11.7. The minimum absolute atomic E-state index is 0.437. The average Bonchev–Trinajstić information content (AvgIpc) is 3.27. The molecule has 27 heavy (non-hydrogen) atoms. The van der Waals surface area contributed by atoms with Crippen molar-refractivity contribution < 1.29 is 4.42 Å². The largest absolute Gasteiger partial charge is 0.450 e. The number of nitriles is 1. The van der Waals surface area contributed by atoms with E-state index in [1.54, 1.807) is 17.8 Å². The highest BCUT2D eigenvalue weighted by atomic mass is 32.2. The first kappa shape index (κ1) is 17.2. The Kier molecular flexibility index (Phi) is 4.57. The van der Waals surface area contributed by atoms with Gasteiger partial charge in [-0.1, -0.05) is 30.0 Å².